The van der Waals surface area contributed by atoms with Crippen molar-refractivity contribution < 1.29 is 14.3 Å². The van der Waals surface area contributed by atoms with Crippen LogP contribution in [0.1, 0.15) is 18.9 Å². The van der Waals surface area contributed by atoms with Crippen LogP contribution < -0.4 is 5.32 Å². The summed E-state index contributed by atoms with van der Waals surface area (Å²) in [4.78, 5) is 24.4. The molecule has 1 aliphatic heterocycles. The number of benzene rings is 1. The molecule has 1 saturated heterocycles. The van der Waals surface area contributed by atoms with Gasteiger partial charge in [0.2, 0.25) is 5.91 Å². The minimum absolute atomic E-state index is 0.0160. The fraction of sp³-hybridized carbons (Fsp3) is 0.429. The summed E-state index contributed by atoms with van der Waals surface area (Å²) >= 11 is 0. The monoisotopic (exact) mass is 262 g/mol. The van der Waals surface area contributed by atoms with E-state index in [0.717, 1.165) is 5.56 Å². The lowest BCUT2D eigenvalue weighted by atomic mass is 10.1. The smallest absolute Gasteiger partial charge is 0.410 e. The van der Waals surface area contributed by atoms with E-state index in [0.29, 0.717) is 19.5 Å². The van der Waals surface area contributed by atoms with Crippen LogP contribution in [0.4, 0.5) is 4.79 Å². The molecule has 1 aliphatic rings. The first-order chi connectivity index (χ1) is 9.19. The Kier molecular flexibility index (Phi) is 4.39. The Morgan fingerprint density at radius 2 is 2.00 bits per heavy atom. The lowest BCUT2D eigenvalue weighted by Crippen LogP contribution is -2.60. The molecule has 0 unspecified atom stereocenters. The van der Waals surface area contributed by atoms with Gasteiger partial charge in [0.25, 0.3) is 0 Å². The van der Waals surface area contributed by atoms with E-state index in [1.807, 2.05) is 30.3 Å². The Bertz CT molecular complexity index is 441. The number of amides is 2. The fourth-order valence-electron chi connectivity index (χ4n) is 1.86. The van der Waals surface area contributed by atoms with Crippen LogP contribution in [0.3, 0.4) is 0 Å². The average molecular weight is 262 g/mol. The van der Waals surface area contributed by atoms with Crippen LogP contribution in [0.25, 0.3) is 0 Å². The van der Waals surface area contributed by atoms with Gasteiger partial charge in [-0.2, -0.15) is 0 Å². The highest BCUT2D eigenvalue weighted by Crippen LogP contribution is 2.11. The van der Waals surface area contributed by atoms with Crippen molar-refractivity contribution in [2.45, 2.75) is 26.0 Å². The minimum atomic E-state index is -0.328. The maximum Gasteiger partial charge on any atom is 0.410 e. The van der Waals surface area contributed by atoms with Gasteiger partial charge < -0.3 is 15.0 Å². The molecule has 5 nitrogen and oxygen atoms in total. The molecule has 1 heterocycles. The minimum Gasteiger partial charge on any atom is -0.445 e. The maximum atomic E-state index is 11.7. The van der Waals surface area contributed by atoms with Gasteiger partial charge in [0, 0.05) is 19.5 Å². The summed E-state index contributed by atoms with van der Waals surface area (Å²) in [6.45, 7) is 3.14. The molecule has 0 atom stereocenters. The predicted octanol–water partition coefficient (Wildman–Crippen LogP) is 1.53. The van der Waals surface area contributed by atoms with Gasteiger partial charge in [-0.05, 0) is 5.56 Å². The van der Waals surface area contributed by atoms with E-state index >= 15 is 0 Å². The summed E-state index contributed by atoms with van der Waals surface area (Å²) in [7, 11) is 0. The van der Waals surface area contributed by atoms with Crippen LogP contribution in [0.5, 0.6) is 0 Å². The number of nitrogens with zero attached hydrogens (tertiary/aromatic N) is 1. The lowest BCUT2D eigenvalue weighted by Gasteiger charge is -2.38. The summed E-state index contributed by atoms with van der Waals surface area (Å²) in [5.41, 5.74) is 0.965. The van der Waals surface area contributed by atoms with Gasteiger partial charge in [0.1, 0.15) is 6.61 Å². The number of nitrogens with one attached hydrogen (secondary N) is 1. The number of ether oxygens (including phenoxy) is 1. The van der Waals surface area contributed by atoms with Gasteiger partial charge in [-0.25, -0.2) is 4.79 Å². The Labute approximate surface area is 112 Å². The number of hydrogen-bond acceptors (Lipinski definition) is 3. The lowest BCUT2D eigenvalue weighted by molar-refractivity contribution is -0.122. The van der Waals surface area contributed by atoms with Crippen LogP contribution in [0, 0.1) is 0 Å². The molecule has 0 saturated carbocycles. The third-order valence-corrected chi connectivity index (χ3v) is 3.03. The van der Waals surface area contributed by atoms with Crippen molar-refractivity contribution in [3.63, 3.8) is 0 Å². The molecule has 0 spiro atoms. The van der Waals surface area contributed by atoms with Crippen molar-refractivity contribution >= 4 is 12.0 Å². The molecule has 1 N–H and O–H groups in total. The molecule has 0 aliphatic carbocycles. The SMILES string of the molecule is CCC(=O)NC1CN(C(=O)OCc2ccccc2)C1. The topological polar surface area (TPSA) is 58.6 Å². The third kappa shape index (κ3) is 3.71. The molecule has 2 amide bonds. The van der Waals surface area contributed by atoms with Gasteiger partial charge in [0.15, 0.2) is 0 Å². The highest BCUT2D eigenvalue weighted by molar-refractivity contribution is 5.76. The average Bonchev–Trinajstić information content (AvgIpc) is 2.40. The zero-order chi connectivity index (χ0) is 13.7. The molecule has 2 rings (SSSR count). The first kappa shape index (κ1) is 13.4. The molecular formula is C14H18N2O3. The number of carbonyl (C=O) groups is 2. The largest absolute Gasteiger partial charge is 0.445 e. The Morgan fingerprint density at radius 1 is 1.32 bits per heavy atom. The second-order valence-electron chi connectivity index (χ2n) is 4.56. The van der Waals surface area contributed by atoms with Gasteiger partial charge >= 0.3 is 6.09 Å². The van der Waals surface area contributed by atoms with Gasteiger partial charge in [-0.3, -0.25) is 4.79 Å². The van der Waals surface area contributed by atoms with Crippen LogP contribution in [0.15, 0.2) is 30.3 Å². The maximum absolute atomic E-state index is 11.7. The molecule has 5 heteroatoms. The molecule has 1 aromatic rings. The van der Waals surface area contributed by atoms with Crippen LogP contribution in [-0.2, 0) is 16.1 Å². The van der Waals surface area contributed by atoms with Gasteiger partial charge in [0.05, 0.1) is 6.04 Å². The van der Waals surface area contributed by atoms with Crippen molar-refractivity contribution in [3.8, 4) is 0 Å². The molecule has 0 radical (unpaired) electrons. The van der Waals surface area contributed by atoms with E-state index in [-0.39, 0.29) is 24.6 Å². The van der Waals surface area contributed by atoms with Crippen molar-refractivity contribution in [1.29, 1.82) is 0 Å². The summed E-state index contributed by atoms with van der Waals surface area (Å²) in [6.07, 6.45) is 0.139. The summed E-state index contributed by atoms with van der Waals surface area (Å²) < 4.78 is 5.19. The normalized spacial score (nSPS) is 14.7. The quantitative estimate of drug-likeness (QED) is 0.895. The Morgan fingerprint density at radius 3 is 2.63 bits per heavy atom. The number of hydrogen-bond donors (Lipinski definition) is 1. The van der Waals surface area contributed by atoms with Gasteiger partial charge in [-0.15, -0.1) is 0 Å². The van der Waals surface area contributed by atoms with Crippen LogP contribution in [-0.4, -0.2) is 36.0 Å². The van der Waals surface area contributed by atoms with E-state index in [2.05, 4.69) is 5.32 Å². The van der Waals surface area contributed by atoms with Crippen molar-refractivity contribution in [2.75, 3.05) is 13.1 Å². The number of rotatable bonds is 4. The summed E-state index contributed by atoms with van der Waals surface area (Å²) in [5, 5.41) is 2.84. The molecule has 102 valence electrons. The number of likely N-dealkylation sites (tertiary alicyclic amines) is 1. The van der Waals surface area contributed by atoms with Crippen molar-refractivity contribution in [2.24, 2.45) is 0 Å². The zero-order valence-corrected chi connectivity index (χ0v) is 11.0. The van der Waals surface area contributed by atoms with E-state index in [1.54, 1.807) is 11.8 Å². The molecule has 1 fully saturated rings. The standard InChI is InChI=1S/C14H18N2O3/c1-2-13(17)15-12-8-16(9-12)14(18)19-10-11-6-4-3-5-7-11/h3-7,12H,2,8-10H2,1H3,(H,15,17). The second kappa shape index (κ2) is 6.22. The highest BCUT2D eigenvalue weighted by atomic mass is 16.6. The van der Waals surface area contributed by atoms with Gasteiger partial charge in [-0.1, -0.05) is 37.3 Å². The summed E-state index contributed by atoms with van der Waals surface area (Å²) in [5.74, 6) is 0.0160. The molecule has 1 aromatic carbocycles. The van der Waals surface area contributed by atoms with Crippen molar-refractivity contribution in [3.05, 3.63) is 35.9 Å². The first-order valence-corrected chi connectivity index (χ1v) is 6.44. The summed E-state index contributed by atoms with van der Waals surface area (Å²) in [6, 6.07) is 9.62. The molecule has 0 bridgehead atoms. The van der Waals surface area contributed by atoms with Crippen LogP contribution in [0.2, 0.25) is 0 Å². The van der Waals surface area contributed by atoms with E-state index in [4.69, 9.17) is 4.74 Å². The van der Waals surface area contributed by atoms with E-state index in [9.17, 15) is 9.59 Å². The van der Waals surface area contributed by atoms with Crippen molar-refractivity contribution in [1.82, 2.24) is 10.2 Å². The number of carbonyl (C=O) groups excluding carboxylic acids is 2. The Balaban J connectivity index is 1.68. The molecule has 0 aromatic heterocycles. The zero-order valence-electron chi connectivity index (χ0n) is 11.0. The molecule has 19 heavy (non-hydrogen) atoms. The van der Waals surface area contributed by atoms with E-state index in [1.165, 1.54) is 0 Å². The highest BCUT2D eigenvalue weighted by Gasteiger charge is 2.32. The first-order valence-electron chi connectivity index (χ1n) is 6.44. The van der Waals surface area contributed by atoms with E-state index < -0.39 is 0 Å². The third-order valence-electron chi connectivity index (χ3n) is 3.03. The van der Waals surface area contributed by atoms with Crippen LogP contribution >= 0.6 is 0 Å². The fourth-order valence-corrected chi connectivity index (χ4v) is 1.86. The molecular weight excluding hydrogens is 244 g/mol. The second-order valence-corrected chi connectivity index (χ2v) is 4.56. The Hall–Kier alpha value is -2.04. The predicted molar refractivity (Wildman–Crippen MR) is 70.4 cm³/mol.